The topological polar surface area (TPSA) is 41.6 Å². The minimum atomic E-state index is -0.254. The van der Waals surface area contributed by atoms with E-state index in [1.54, 1.807) is 4.90 Å². The fourth-order valence-electron chi connectivity index (χ4n) is 1.72. The van der Waals surface area contributed by atoms with Crippen molar-refractivity contribution >= 4 is 5.91 Å². The Balaban J connectivity index is 2.48. The molecular weight excluding hydrogens is 180 g/mol. The second-order valence-electron chi connectivity index (χ2n) is 4.31. The molecular formula is C10H20N2O2. The molecule has 0 bridgehead atoms. The third-order valence-electron chi connectivity index (χ3n) is 2.38. The highest BCUT2D eigenvalue weighted by molar-refractivity contribution is 5.83. The Labute approximate surface area is 85.6 Å². The van der Waals surface area contributed by atoms with E-state index >= 15 is 0 Å². The van der Waals surface area contributed by atoms with Crippen molar-refractivity contribution in [3.05, 3.63) is 0 Å². The van der Waals surface area contributed by atoms with E-state index in [1.807, 2.05) is 27.7 Å². The summed E-state index contributed by atoms with van der Waals surface area (Å²) in [6.07, 6.45) is 0. The Bertz CT molecular complexity index is 216. The molecule has 1 heterocycles. The lowest BCUT2D eigenvalue weighted by Crippen LogP contribution is -2.42. The Morgan fingerprint density at radius 1 is 1.64 bits per heavy atom. The molecule has 4 nitrogen and oxygen atoms in total. The molecule has 0 aliphatic carbocycles. The zero-order valence-corrected chi connectivity index (χ0v) is 9.46. The van der Waals surface area contributed by atoms with Gasteiger partial charge in [0.05, 0.1) is 24.9 Å². The average Bonchev–Trinajstić information content (AvgIpc) is 2.35. The van der Waals surface area contributed by atoms with Gasteiger partial charge in [-0.05, 0) is 27.7 Å². The van der Waals surface area contributed by atoms with Crippen LogP contribution in [0.15, 0.2) is 0 Å². The van der Waals surface area contributed by atoms with Crippen molar-refractivity contribution in [2.75, 3.05) is 19.8 Å². The summed E-state index contributed by atoms with van der Waals surface area (Å²) < 4.78 is 5.55. The van der Waals surface area contributed by atoms with Gasteiger partial charge in [0.1, 0.15) is 0 Å². The highest BCUT2D eigenvalue weighted by atomic mass is 16.5. The zero-order valence-electron chi connectivity index (χ0n) is 9.46. The van der Waals surface area contributed by atoms with Crippen molar-refractivity contribution in [1.29, 1.82) is 0 Å². The van der Waals surface area contributed by atoms with E-state index in [1.165, 1.54) is 0 Å². The quantitative estimate of drug-likeness (QED) is 0.721. The highest BCUT2D eigenvalue weighted by Gasteiger charge is 2.32. The maximum absolute atomic E-state index is 11.6. The molecule has 14 heavy (non-hydrogen) atoms. The number of ether oxygens (including phenoxy) is 1. The van der Waals surface area contributed by atoms with Crippen LogP contribution in [0.2, 0.25) is 0 Å². The summed E-state index contributed by atoms with van der Waals surface area (Å²) in [6.45, 7) is 9.83. The minimum absolute atomic E-state index is 0.0487. The lowest BCUT2D eigenvalue weighted by atomic mass is 10.1. The van der Waals surface area contributed by atoms with Crippen molar-refractivity contribution < 1.29 is 9.53 Å². The number of carbonyl (C=O) groups is 1. The van der Waals surface area contributed by atoms with Crippen LogP contribution in [0.1, 0.15) is 27.7 Å². The SMILES string of the molecule is CCOC(C)(C)CN1CNC(C)C1=O. The molecule has 0 spiro atoms. The maximum atomic E-state index is 11.6. The van der Waals surface area contributed by atoms with Gasteiger partial charge in [0.15, 0.2) is 0 Å². The molecule has 4 heteroatoms. The van der Waals surface area contributed by atoms with Gasteiger partial charge in [-0.2, -0.15) is 0 Å². The van der Waals surface area contributed by atoms with Gasteiger partial charge in [0.25, 0.3) is 0 Å². The van der Waals surface area contributed by atoms with Crippen LogP contribution in [0.5, 0.6) is 0 Å². The summed E-state index contributed by atoms with van der Waals surface area (Å²) in [5, 5.41) is 3.10. The number of nitrogens with zero attached hydrogens (tertiary/aromatic N) is 1. The molecule has 82 valence electrons. The largest absolute Gasteiger partial charge is 0.374 e. The van der Waals surface area contributed by atoms with E-state index in [4.69, 9.17) is 4.74 Å². The van der Waals surface area contributed by atoms with Crippen LogP contribution in [0.25, 0.3) is 0 Å². The van der Waals surface area contributed by atoms with Crippen molar-refractivity contribution in [1.82, 2.24) is 10.2 Å². The second-order valence-corrected chi connectivity index (χ2v) is 4.31. The molecule has 0 saturated carbocycles. The predicted octanol–water partition coefficient (Wildman–Crippen LogP) is 0.579. The van der Waals surface area contributed by atoms with Gasteiger partial charge in [0.2, 0.25) is 5.91 Å². The first-order valence-corrected chi connectivity index (χ1v) is 5.12. The Kier molecular flexibility index (Phi) is 3.50. The molecule has 1 rings (SSSR count). The molecule has 1 aliphatic heterocycles. The van der Waals surface area contributed by atoms with Crippen LogP contribution in [0, 0.1) is 0 Å². The van der Waals surface area contributed by atoms with Crippen LogP contribution in [-0.4, -0.2) is 42.3 Å². The maximum Gasteiger partial charge on any atom is 0.240 e. The van der Waals surface area contributed by atoms with Gasteiger partial charge in [0, 0.05) is 6.61 Å². The number of hydrogen-bond acceptors (Lipinski definition) is 3. The van der Waals surface area contributed by atoms with Crippen LogP contribution in [0.4, 0.5) is 0 Å². The first kappa shape index (κ1) is 11.5. The molecule has 1 unspecified atom stereocenters. The van der Waals surface area contributed by atoms with Gasteiger partial charge in [-0.3, -0.25) is 10.1 Å². The molecule has 1 atom stereocenters. The third kappa shape index (κ3) is 2.69. The fourth-order valence-corrected chi connectivity index (χ4v) is 1.72. The van der Waals surface area contributed by atoms with Gasteiger partial charge in [-0.25, -0.2) is 0 Å². The normalized spacial score (nSPS) is 23.3. The molecule has 0 aromatic heterocycles. The standard InChI is InChI=1S/C10H20N2O2/c1-5-14-10(3,4)6-12-7-11-8(2)9(12)13/h8,11H,5-7H2,1-4H3. The van der Waals surface area contributed by atoms with Gasteiger partial charge in [-0.1, -0.05) is 0 Å². The predicted molar refractivity (Wildman–Crippen MR) is 54.9 cm³/mol. The summed E-state index contributed by atoms with van der Waals surface area (Å²) in [6, 6.07) is -0.0487. The summed E-state index contributed by atoms with van der Waals surface area (Å²) in [5.41, 5.74) is -0.254. The van der Waals surface area contributed by atoms with Crippen LogP contribution in [0.3, 0.4) is 0 Å². The van der Waals surface area contributed by atoms with Crippen molar-refractivity contribution in [3.8, 4) is 0 Å². The molecule has 1 amide bonds. The molecule has 0 aromatic carbocycles. The average molecular weight is 200 g/mol. The number of nitrogens with one attached hydrogen (secondary N) is 1. The lowest BCUT2D eigenvalue weighted by molar-refractivity contribution is -0.132. The number of carbonyl (C=O) groups excluding carboxylic acids is 1. The number of hydrogen-bond donors (Lipinski definition) is 1. The van der Waals surface area contributed by atoms with E-state index in [0.29, 0.717) is 19.8 Å². The minimum Gasteiger partial charge on any atom is -0.374 e. The monoisotopic (exact) mass is 200 g/mol. The Morgan fingerprint density at radius 2 is 2.29 bits per heavy atom. The first-order chi connectivity index (χ1) is 6.46. The number of rotatable bonds is 4. The van der Waals surface area contributed by atoms with Crippen molar-refractivity contribution in [3.63, 3.8) is 0 Å². The van der Waals surface area contributed by atoms with Crippen molar-refractivity contribution in [2.24, 2.45) is 0 Å². The number of amides is 1. The first-order valence-electron chi connectivity index (χ1n) is 5.12. The molecule has 1 aliphatic rings. The van der Waals surface area contributed by atoms with E-state index in [9.17, 15) is 4.79 Å². The smallest absolute Gasteiger partial charge is 0.240 e. The molecule has 0 aromatic rings. The Morgan fingerprint density at radius 3 is 2.71 bits per heavy atom. The highest BCUT2D eigenvalue weighted by Crippen LogP contribution is 2.14. The summed E-state index contributed by atoms with van der Waals surface area (Å²) in [4.78, 5) is 13.4. The summed E-state index contributed by atoms with van der Waals surface area (Å²) >= 11 is 0. The van der Waals surface area contributed by atoms with E-state index in [0.717, 1.165) is 0 Å². The van der Waals surface area contributed by atoms with Crippen LogP contribution in [-0.2, 0) is 9.53 Å². The fraction of sp³-hybridized carbons (Fsp3) is 0.900. The molecule has 0 radical (unpaired) electrons. The Hall–Kier alpha value is -0.610. The molecule has 1 saturated heterocycles. The van der Waals surface area contributed by atoms with Crippen LogP contribution < -0.4 is 5.32 Å². The second kappa shape index (κ2) is 4.28. The van der Waals surface area contributed by atoms with E-state index in [2.05, 4.69) is 5.32 Å². The molecule has 1 N–H and O–H groups in total. The summed E-state index contributed by atoms with van der Waals surface area (Å²) in [5.74, 6) is 0.165. The van der Waals surface area contributed by atoms with Crippen LogP contribution >= 0.6 is 0 Å². The molecule has 1 fully saturated rings. The van der Waals surface area contributed by atoms with Crippen molar-refractivity contribution in [2.45, 2.75) is 39.3 Å². The zero-order chi connectivity index (χ0) is 10.8. The van der Waals surface area contributed by atoms with Gasteiger partial charge < -0.3 is 9.64 Å². The van der Waals surface area contributed by atoms with Gasteiger partial charge >= 0.3 is 0 Å². The van der Waals surface area contributed by atoms with E-state index in [-0.39, 0.29) is 17.6 Å². The third-order valence-corrected chi connectivity index (χ3v) is 2.38. The van der Waals surface area contributed by atoms with E-state index < -0.39 is 0 Å². The van der Waals surface area contributed by atoms with Gasteiger partial charge in [-0.15, -0.1) is 0 Å². The lowest BCUT2D eigenvalue weighted by Gasteiger charge is -2.29. The summed E-state index contributed by atoms with van der Waals surface area (Å²) in [7, 11) is 0.